The van der Waals surface area contributed by atoms with E-state index in [2.05, 4.69) is 5.32 Å². The number of carbonyl (C=O) groups excluding carboxylic acids is 1. The SMILES string of the molecule is COc1ccc(/C=C2/NC(=S)N(Cc3ccco3)C2=O)cc1COc1ccc(F)c(Cl)c1. The molecule has 0 saturated carbocycles. The van der Waals surface area contributed by atoms with Crippen LogP contribution in [0.4, 0.5) is 4.39 Å². The topological polar surface area (TPSA) is 63.9 Å². The van der Waals surface area contributed by atoms with E-state index in [1.807, 2.05) is 12.1 Å². The second kappa shape index (κ2) is 9.42. The van der Waals surface area contributed by atoms with Gasteiger partial charge in [-0.15, -0.1) is 0 Å². The summed E-state index contributed by atoms with van der Waals surface area (Å²) in [4.78, 5) is 14.2. The lowest BCUT2D eigenvalue weighted by Gasteiger charge is -2.12. The van der Waals surface area contributed by atoms with Gasteiger partial charge in [-0.05, 0) is 60.3 Å². The average molecular weight is 473 g/mol. The predicted molar refractivity (Wildman–Crippen MR) is 122 cm³/mol. The molecule has 4 rings (SSSR count). The number of ether oxygens (including phenoxy) is 2. The van der Waals surface area contributed by atoms with Crippen LogP contribution >= 0.6 is 23.8 Å². The Morgan fingerprint density at radius 3 is 2.81 bits per heavy atom. The van der Waals surface area contributed by atoms with Gasteiger partial charge in [-0.2, -0.15) is 0 Å². The summed E-state index contributed by atoms with van der Waals surface area (Å²) in [5, 5.41) is 3.24. The Balaban J connectivity index is 1.52. The molecule has 0 unspecified atom stereocenters. The summed E-state index contributed by atoms with van der Waals surface area (Å²) in [7, 11) is 1.55. The molecule has 0 atom stereocenters. The van der Waals surface area contributed by atoms with Gasteiger partial charge in [0, 0.05) is 11.6 Å². The highest BCUT2D eigenvalue weighted by Crippen LogP contribution is 2.26. The van der Waals surface area contributed by atoms with E-state index >= 15 is 0 Å². The Hall–Kier alpha value is -3.36. The molecule has 3 aromatic rings. The summed E-state index contributed by atoms with van der Waals surface area (Å²) >= 11 is 11.1. The molecule has 164 valence electrons. The van der Waals surface area contributed by atoms with Gasteiger partial charge in [-0.3, -0.25) is 9.69 Å². The van der Waals surface area contributed by atoms with Crippen molar-refractivity contribution in [2.24, 2.45) is 0 Å². The number of amides is 1. The normalized spacial score (nSPS) is 14.7. The smallest absolute Gasteiger partial charge is 0.276 e. The molecule has 0 spiro atoms. The van der Waals surface area contributed by atoms with Crippen molar-refractivity contribution in [1.29, 1.82) is 0 Å². The van der Waals surface area contributed by atoms with E-state index in [-0.39, 0.29) is 24.1 Å². The van der Waals surface area contributed by atoms with Gasteiger partial charge in [0.05, 0.1) is 24.9 Å². The fourth-order valence-corrected chi connectivity index (χ4v) is 3.60. The number of carbonyl (C=O) groups is 1. The molecule has 2 aromatic carbocycles. The van der Waals surface area contributed by atoms with Gasteiger partial charge in [0.1, 0.15) is 35.4 Å². The van der Waals surface area contributed by atoms with Crippen molar-refractivity contribution >= 4 is 40.9 Å². The molecule has 1 aromatic heterocycles. The van der Waals surface area contributed by atoms with Crippen LogP contribution in [0.3, 0.4) is 0 Å². The van der Waals surface area contributed by atoms with Crippen LogP contribution in [-0.4, -0.2) is 23.0 Å². The molecular weight excluding hydrogens is 455 g/mol. The van der Waals surface area contributed by atoms with E-state index < -0.39 is 5.82 Å². The number of halogens is 2. The van der Waals surface area contributed by atoms with Crippen LogP contribution in [0, 0.1) is 5.82 Å². The minimum atomic E-state index is -0.516. The third-order valence-corrected chi connectivity index (χ3v) is 5.37. The lowest BCUT2D eigenvalue weighted by atomic mass is 10.1. The molecule has 0 radical (unpaired) electrons. The molecule has 6 nitrogen and oxygen atoms in total. The second-order valence-corrected chi connectivity index (χ2v) is 7.69. The summed E-state index contributed by atoms with van der Waals surface area (Å²) < 4.78 is 29.8. The number of methoxy groups -OCH3 is 1. The predicted octanol–water partition coefficient (Wildman–Crippen LogP) is 4.92. The number of furan rings is 1. The lowest BCUT2D eigenvalue weighted by Crippen LogP contribution is -2.29. The third kappa shape index (κ3) is 4.76. The van der Waals surface area contributed by atoms with Gasteiger partial charge in [-0.1, -0.05) is 17.7 Å². The van der Waals surface area contributed by atoms with Crippen LogP contribution in [0.25, 0.3) is 6.08 Å². The fourth-order valence-electron chi connectivity index (χ4n) is 3.17. The zero-order chi connectivity index (χ0) is 22.7. The maximum Gasteiger partial charge on any atom is 0.276 e. The minimum absolute atomic E-state index is 0.0196. The van der Waals surface area contributed by atoms with E-state index in [1.165, 1.54) is 23.1 Å². The van der Waals surface area contributed by atoms with Crippen LogP contribution in [0.1, 0.15) is 16.9 Å². The van der Waals surface area contributed by atoms with Crippen molar-refractivity contribution in [3.05, 3.63) is 88.2 Å². The van der Waals surface area contributed by atoms with Gasteiger partial charge in [0.15, 0.2) is 5.11 Å². The number of nitrogens with one attached hydrogen (secondary N) is 1. The summed E-state index contributed by atoms with van der Waals surface area (Å²) in [5.41, 5.74) is 1.84. The van der Waals surface area contributed by atoms with E-state index in [1.54, 1.807) is 37.6 Å². The first-order valence-electron chi connectivity index (χ1n) is 9.56. The van der Waals surface area contributed by atoms with Gasteiger partial charge in [-0.25, -0.2) is 4.39 Å². The molecule has 0 aliphatic carbocycles. The Morgan fingerprint density at radius 1 is 1.25 bits per heavy atom. The summed E-state index contributed by atoms with van der Waals surface area (Å²) in [6, 6.07) is 13.1. The molecule has 1 aliphatic heterocycles. The van der Waals surface area contributed by atoms with Gasteiger partial charge < -0.3 is 19.2 Å². The highest BCUT2D eigenvalue weighted by Gasteiger charge is 2.31. The molecule has 1 aliphatic rings. The van der Waals surface area contributed by atoms with Crippen molar-refractivity contribution in [3.8, 4) is 11.5 Å². The average Bonchev–Trinajstić information content (AvgIpc) is 3.39. The van der Waals surface area contributed by atoms with Crippen LogP contribution in [-0.2, 0) is 17.9 Å². The van der Waals surface area contributed by atoms with E-state index in [0.29, 0.717) is 28.1 Å². The Kier molecular flexibility index (Phi) is 6.43. The van der Waals surface area contributed by atoms with Crippen molar-refractivity contribution in [2.75, 3.05) is 7.11 Å². The molecular formula is C23H18ClFN2O4S. The standard InChI is InChI=1S/C23H18ClFN2O4S/c1-29-21-7-4-14(9-15(21)13-31-16-5-6-19(25)18(24)11-16)10-20-22(28)27(23(32)26-20)12-17-3-2-8-30-17/h2-11H,12-13H2,1H3,(H,26,32)/b20-10+. The Labute approximate surface area is 194 Å². The maximum absolute atomic E-state index is 13.4. The van der Waals surface area contributed by atoms with E-state index in [4.69, 9.17) is 37.7 Å². The maximum atomic E-state index is 13.4. The zero-order valence-corrected chi connectivity index (χ0v) is 18.5. The van der Waals surface area contributed by atoms with Crippen molar-refractivity contribution in [3.63, 3.8) is 0 Å². The quantitative estimate of drug-likeness (QED) is 0.389. The molecule has 2 heterocycles. The van der Waals surface area contributed by atoms with Crippen LogP contribution in [0.2, 0.25) is 5.02 Å². The van der Waals surface area contributed by atoms with Crippen LogP contribution < -0.4 is 14.8 Å². The molecule has 9 heteroatoms. The Morgan fingerprint density at radius 2 is 2.09 bits per heavy atom. The van der Waals surface area contributed by atoms with Crippen molar-refractivity contribution in [1.82, 2.24) is 10.2 Å². The van der Waals surface area contributed by atoms with Crippen molar-refractivity contribution in [2.45, 2.75) is 13.2 Å². The molecule has 1 saturated heterocycles. The van der Waals surface area contributed by atoms with Gasteiger partial charge >= 0.3 is 0 Å². The Bertz CT molecular complexity index is 1200. The first kappa shape index (κ1) is 21.9. The number of benzene rings is 2. The first-order valence-corrected chi connectivity index (χ1v) is 10.3. The summed E-state index contributed by atoms with van der Waals surface area (Å²) in [5.74, 6) is 0.905. The number of hydrogen-bond donors (Lipinski definition) is 1. The molecule has 1 fully saturated rings. The van der Waals surface area contributed by atoms with Crippen molar-refractivity contribution < 1.29 is 23.1 Å². The first-order chi connectivity index (χ1) is 15.4. The summed E-state index contributed by atoms with van der Waals surface area (Å²) in [6.45, 7) is 0.406. The molecule has 1 amide bonds. The largest absolute Gasteiger partial charge is 0.496 e. The zero-order valence-electron chi connectivity index (χ0n) is 16.9. The van der Waals surface area contributed by atoms with Crippen LogP contribution in [0.15, 0.2) is 64.9 Å². The number of nitrogens with zero attached hydrogens (tertiary/aromatic N) is 1. The number of thiocarbonyl (C=S) groups is 1. The third-order valence-electron chi connectivity index (χ3n) is 4.76. The monoisotopic (exact) mass is 472 g/mol. The van der Waals surface area contributed by atoms with Gasteiger partial charge in [0.25, 0.3) is 5.91 Å². The highest BCUT2D eigenvalue weighted by atomic mass is 35.5. The van der Waals surface area contributed by atoms with E-state index in [0.717, 1.165) is 11.1 Å². The van der Waals surface area contributed by atoms with Crippen LogP contribution in [0.5, 0.6) is 11.5 Å². The van der Waals surface area contributed by atoms with E-state index in [9.17, 15) is 9.18 Å². The summed E-state index contributed by atoms with van der Waals surface area (Å²) in [6.07, 6.45) is 3.25. The lowest BCUT2D eigenvalue weighted by molar-refractivity contribution is -0.122. The second-order valence-electron chi connectivity index (χ2n) is 6.89. The molecule has 0 bridgehead atoms. The number of hydrogen-bond acceptors (Lipinski definition) is 5. The van der Waals surface area contributed by atoms with Gasteiger partial charge in [0.2, 0.25) is 0 Å². The number of rotatable bonds is 7. The molecule has 1 N–H and O–H groups in total. The highest BCUT2D eigenvalue weighted by molar-refractivity contribution is 7.80. The molecule has 32 heavy (non-hydrogen) atoms. The fraction of sp³-hybridized carbons (Fsp3) is 0.130. The minimum Gasteiger partial charge on any atom is -0.496 e.